The number of ether oxygens (including phenoxy) is 1. The summed E-state index contributed by atoms with van der Waals surface area (Å²) < 4.78 is 32.4. The molecule has 0 aliphatic carbocycles. The number of fused-ring (bicyclic) bond motifs is 1. The molecule has 0 aliphatic rings. The molecule has 0 fully saturated rings. The highest BCUT2D eigenvalue weighted by Crippen LogP contribution is 2.33. The number of nitrogens with one attached hydrogen (secondary N) is 1. The van der Waals surface area contributed by atoms with Crippen LogP contribution in [0.1, 0.15) is 24.6 Å². The lowest BCUT2D eigenvalue weighted by Crippen LogP contribution is -2.16. The number of nitrogens with zero attached hydrogens (tertiary/aromatic N) is 7. The lowest BCUT2D eigenvalue weighted by atomic mass is 10.2. The van der Waals surface area contributed by atoms with E-state index in [0.717, 1.165) is 4.47 Å². The fraction of sp³-hybridized carbons (Fsp3) is 0.222. The molecule has 0 spiro atoms. The maximum Gasteiger partial charge on any atom is 0.387 e. The minimum atomic E-state index is -3.01. The van der Waals surface area contributed by atoms with Crippen molar-refractivity contribution in [3.8, 4) is 11.7 Å². The lowest BCUT2D eigenvalue weighted by Gasteiger charge is -2.16. The third kappa shape index (κ3) is 4.54. The number of benzene rings is 1. The van der Waals surface area contributed by atoms with Crippen LogP contribution in [0.15, 0.2) is 35.3 Å². The van der Waals surface area contributed by atoms with Crippen molar-refractivity contribution < 1.29 is 13.5 Å². The van der Waals surface area contributed by atoms with Crippen molar-refractivity contribution in [1.82, 2.24) is 34.7 Å². The molecule has 160 valence electrons. The second-order valence-electron chi connectivity index (χ2n) is 6.40. The van der Waals surface area contributed by atoms with Crippen molar-refractivity contribution in [2.24, 2.45) is 0 Å². The van der Waals surface area contributed by atoms with Crippen molar-refractivity contribution in [2.45, 2.75) is 26.5 Å². The predicted molar refractivity (Wildman–Crippen MR) is 113 cm³/mol. The molecule has 4 rings (SSSR count). The highest BCUT2D eigenvalue weighted by Gasteiger charge is 2.20. The summed E-state index contributed by atoms with van der Waals surface area (Å²) in [5.41, 5.74) is 0.197. The molecule has 0 saturated heterocycles. The first kappa shape index (κ1) is 21.2. The molecule has 1 atom stereocenters. The number of anilines is 1. The van der Waals surface area contributed by atoms with Gasteiger partial charge in [-0.1, -0.05) is 11.6 Å². The molecule has 4 aromatic rings. The second-order valence-corrected chi connectivity index (χ2v) is 7.75. The Balaban J connectivity index is 1.72. The maximum atomic E-state index is 12.8. The SMILES string of the molecule is Cc1nc([C@H](C)Nc2ncnc3c(OC(F)F)cc(Cl)cc23)n(-c2ncc(Br)cn2)n1. The summed E-state index contributed by atoms with van der Waals surface area (Å²) in [7, 11) is 0. The number of rotatable bonds is 6. The zero-order chi connectivity index (χ0) is 22.1. The first-order chi connectivity index (χ1) is 14.8. The summed E-state index contributed by atoms with van der Waals surface area (Å²) in [6, 6.07) is 2.43. The van der Waals surface area contributed by atoms with Crippen molar-refractivity contribution >= 4 is 44.3 Å². The summed E-state index contributed by atoms with van der Waals surface area (Å²) in [5, 5.41) is 8.19. The van der Waals surface area contributed by atoms with Gasteiger partial charge < -0.3 is 10.1 Å². The maximum absolute atomic E-state index is 12.8. The average molecular weight is 512 g/mol. The second kappa shape index (κ2) is 8.63. The number of hydrogen-bond acceptors (Lipinski definition) is 8. The zero-order valence-electron chi connectivity index (χ0n) is 16.1. The fourth-order valence-electron chi connectivity index (χ4n) is 2.95. The normalized spacial score (nSPS) is 12.4. The number of alkyl halides is 2. The van der Waals surface area contributed by atoms with E-state index in [1.165, 1.54) is 17.1 Å². The summed E-state index contributed by atoms with van der Waals surface area (Å²) in [5.74, 6) is 1.62. The molecule has 31 heavy (non-hydrogen) atoms. The van der Waals surface area contributed by atoms with Gasteiger partial charge in [0.05, 0.1) is 10.5 Å². The highest BCUT2D eigenvalue weighted by molar-refractivity contribution is 9.10. The van der Waals surface area contributed by atoms with E-state index in [1.807, 2.05) is 6.92 Å². The van der Waals surface area contributed by atoms with Gasteiger partial charge >= 0.3 is 6.61 Å². The summed E-state index contributed by atoms with van der Waals surface area (Å²) >= 11 is 9.40. The first-order valence-corrected chi connectivity index (χ1v) is 10.1. The Hall–Kier alpha value is -2.99. The Morgan fingerprint density at radius 3 is 2.61 bits per heavy atom. The number of aromatic nitrogens is 7. The van der Waals surface area contributed by atoms with Gasteiger partial charge in [-0.05, 0) is 35.8 Å². The summed E-state index contributed by atoms with van der Waals surface area (Å²) in [6.45, 7) is 0.576. The van der Waals surface area contributed by atoms with Gasteiger partial charge in [-0.25, -0.2) is 24.9 Å². The summed E-state index contributed by atoms with van der Waals surface area (Å²) in [6.07, 6.45) is 4.45. The van der Waals surface area contributed by atoms with E-state index in [4.69, 9.17) is 11.6 Å². The molecule has 3 heterocycles. The van der Waals surface area contributed by atoms with Crippen molar-refractivity contribution in [1.29, 1.82) is 0 Å². The van der Waals surface area contributed by atoms with Gasteiger partial charge in [0.1, 0.15) is 23.5 Å². The molecular formula is C18H14BrClF2N8O. The molecule has 1 N–H and O–H groups in total. The monoisotopic (exact) mass is 510 g/mol. The van der Waals surface area contributed by atoms with Gasteiger partial charge in [-0.15, -0.1) is 5.10 Å². The lowest BCUT2D eigenvalue weighted by molar-refractivity contribution is -0.0489. The van der Waals surface area contributed by atoms with Crippen LogP contribution in [-0.4, -0.2) is 41.3 Å². The minimum Gasteiger partial charge on any atom is -0.432 e. The van der Waals surface area contributed by atoms with Crippen LogP contribution in [0.25, 0.3) is 16.9 Å². The van der Waals surface area contributed by atoms with Crippen LogP contribution < -0.4 is 10.1 Å². The molecule has 0 aliphatic heterocycles. The third-order valence-corrected chi connectivity index (χ3v) is 4.79. The Kier molecular flexibility index (Phi) is 5.92. The van der Waals surface area contributed by atoms with Gasteiger partial charge in [-0.3, -0.25) is 0 Å². The van der Waals surface area contributed by atoms with Gasteiger partial charge in [0.25, 0.3) is 5.95 Å². The smallest absolute Gasteiger partial charge is 0.387 e. The highest BCUT2D eigenvalue weighted by atomic mass is 79.9. The van der Waals surface area contributed by atoms with E-state index in [9.17, 15) is 8.78 Å². The standard InChI is InChI=1S/C18H14BrClF2N8O/c1-8(16-28-9(2)29-30(16)18-23-5-10(19)6-24-18)27-15-12-3-11(20)4-13(31-17(21)22)14(12)25-7-26-15/h3-8,17H,1-2H3,(H,25,26,27)/t8-/m0/s1. The average Bonchev–Trinajstić information content (AvgIpc) is 3.10. The number of halogens is 4. The molecule has 0 unspecified atom stereocenters. The van der Waals surface area contributed by atoms with Crippen LogP contribution in [0, 0.1) is 6.92 Å². The van der Waals surface area contributed by atoms with Crippen molar-refractivity contribution in [2.75, 3.05) is 5.32 Å². The van der Waals surface area contributed by atoms with Gasteiger partial charge in [0, 0.05) is 28.9 Å². The van der Waals surface area contributed by atoms with E-state index in [1.54, 1.807) is 25.4 Å². The quantitative estimate of drug-likeness (QED) is 0.404. The Morgan fingerprint density at radius 2 is 1.90 bits per heavy atom. The molecule has 13 heteroatoms. The fourth-order valence-corrected chi connectivity index (χ4v) is 3.36. The predicted octanol–water partition coefficient (Wildman–Crippen LogP) is 4.50. The van der Waals surface area contributed by atoms with Crippen LogP contribution in [-0.2, 0) is 0 Å². The van der Waals surface area contributed by atoms with Gasteiger partial charge in [0.2, 0.25) is 0 Å². The van der Waals surface area contributed by atoms with Crippen LogP contribution in [0.5, 0.6) is 5.75 Å². The Morgan fingerprint density at radius 1 is 1.16 bits per heavy atom. The largest absolute Gasteiger partial charge is 0.432 e. The first-order valence-electron chi connectivity index (χ1n) is 8.89. The molecule has 1 aromatic carbocycles. The minimum absolute atomic E-state index is 0.141. The Labute approximate surface area is 188 Å². The number of aryl methyl sites for hydroxylation is 1. The summed E-state index contributed by atoms with van der Waals surface area (Å²) in [4.78, 5) is 21.3. The van der Waals surface area contributed by atoms with Crippen LogP contribution in [0.4, 0.5) is 14.6 Å². The third-order valence-electron chi connectivity index (χ3n) is 4.16. The molecule has 0 amide bonds. The van der Waals surface area contributed by atoms with E-state index in [-0.39, 0.29) is 16.3 Å². The molecule has 0 saturated carbocycles. The van der Waals surface area contributed by atoms with E-state index in [2.05, 4.69) is 56.0 Å². The molecule has 0 bridgehead atoms. The van der Waals surface area contributed by atoms with E-state index >= 15 is 0 Å². The number of hydrogen-bond donors (Lipinski definition) is 1. The van der Waals surface area contributed by atoms with Gasteiger partial charge in [-0.2, -0.15) is 13.5 Å². The van der Waals surface area contributed by atoms with Crippen molar-refractivity contribution in [3.05, 3.63) is 52.0 Å². The molecule has 0 radical (unpaired) electrons. The van der Waals surface area contributed by atoms with Crippen LogP contribution >= 0.6 is 27.5 Å². The molecular weight excluding hydrogens is 498 g/mol. The molecule has 3 aromatic heterocycles. The molecule has 9 nitrogen and oxygen atoms in total. The van der Waals surface area contributed by atoms with Crippen molar-refractivity contribution in [3.63, 3.8) is 0 Å². The topological polar surface area (TPSA) is 104 Å². The van der Waals surface area contributed by atoms with E-state index in [0.29, 0.717) is 28.8 Å². The Bertz CT molecular complexity index is 1240. The zero-order valence-corrected chi connectivity index (χ0v) is 18.4. The van der Waals surface area contributed by atoms with Gasteiger partial charge in [0.15, 0.2) is 11.6 Å². The van der Waals surface area contributed by atoms with Crippen LogP contribution in [0.3, 0.4) is 0 Å². The van der Waals surface area contributed by atoms with E-state index < -0.39 is 12.7 Å². The van der Waals surface area contributed by atoms with Crippen LogP contribution in [0.2, 0.25) is 5.02 Å².